The molecule has 0 radical (unpaired) electrons. The number of fused-ring (bicyclic) bond motifs is 2. The summed E-state index contributed by atoms with van der Waals surface area (Å²) in [5, 5.41) is 38.5. The van der Waals surface area contributed by atoms with Gasteiger partial charge >= 0.3 is 0 Å². The molecule has 1 atom stereocenters. The van der Waals surface area contributed by atoms with Crippen LogP contribution in [0, 0.1) is 0 Å². The van der Waals surface area contributed by atoms with Crippen molar-refractivity contribution in [3.05, 3.63) is 126 Å². The number of benzene rings is 9. The van der Waals surface area contributed by atoms with E-state index < -0.39 is 6.10 Å². The Hall–Kier alpha value is -4.92. The van der Waals surface area contributed by atoms with Gasteiger partial charge in [-0.05, 0) is 81.8 Å². The van der Waals surface area contributed by atoms with Crippen LogP contribution in [0.3, 0.4) is 0 Å². The van der Waals surface area contributed by atoms with Gasteiger partial charge in [0, 0.05) is 10.8 Å². The van der Waals surface area contributed by atoms with Crippen LogP contribution >= 0.6 is 0 Å². The van der Waals surface area contributed by atoms with Crippen molar-refractivity contribution >= 4 is 75.4 Å². The zero-order valence-electron chi connectivity index (χ0n) is 20.9. The summed E-state index contributed by atoms with van der Waals surface area (Å²) in [6.07, 6.45) is -0.805. The molecule has 0 heterocycles. The van der Waals surface area contributed by atoms with Crippen molar-refractivity contribution < 1.29 is 10.2 Å². The lowest BCUT2D eigenvalue weighted by Crippen LogP contribution is -2.03. The van der Waals surface area contributed by atoms with Gasteiger partial charge in [-0.15, -0.1) is 0 Å². The van der Waals surface area contributed by atoms with Gasteiger partial charge in [0.1, 0.15) is 11.9 Å². The van der Waals surface area contributed by atoms with Gasteiger partial charge < -0.3 is 10.2 Å². The molecule has 0 fully saturated rings. The van der Waals surface area contributed by atoms with Crippen molar-refractivity contribution in [2.24, 2.45) is 0 Å². The highest BCUT2D eigenvalue weighted by Gasteiger charge is 2.21. The maximum atomic E-state index is 12.0. The second-order valence-corrected chi connectivity index (χ2v) is 10.7. The van der Waals surface area contributed by atoms with E-state index in [1.54, 1.807) is 6.07 Å². The summed E-state index contributed by atoms with van der Waals surface area (Å²) in [4.78, 5) is 0. The minimum Gasteiger partial charge on any atom is -0.507 e. The molecule has 0 aliphatic carbocycles. The summed E-state index contributed by atoms with van der Waals surface area (Å²) in [7, 11) is 0. The number of hydrogen-bond donors (Lipinski definition) is 2. The average Bonchev–Trinajstić information content (AvgIpc) is 2.98. The second kappa shape index (κ2) is 7.35. The van der Waals surface area contributed by atoms with Crippen LogP contribution < -0.4 is 0 Å². The molecule has 0 aliphatic rings. The van der Waals surface area contributed by atoms with Gasteiger partial charge in [-0.3, -0.25) is 0 Å². The number of aliphatic hydroxyl groups is 1. The summed E-state index contributed by atoms with van der Waals surface area (Å²) in [5.41, 5.74) is 1.78. The van der Waals surface area contributed by atoms with Crippen LogP contribution in [0.25, 0.3) is 75.4 Å². The molecular formula is C37H22O2. The molecule has 9 rings (SSSR count). The molecule has 2 nitrogen and oxygen atoms in total. The maximum Gasteiger partial charge on any atom is 0.123 e. The lowest BCUT2D eigenvalue weighted by Gasteiger charge is -2.21. The van der Waals surface area contributed by atoms with E-state index in [9.17, 15) is 10.2 Å². The number of hydrogen-bond acceptors (Lipinski definition) is 2. The third-order valence-electron chi connectivity index (χ3n) is 8.82. The Morgan fingerprint density at radius 1 is 0.359 bits per heavy atom. The van der Waals surface area contributed by atoms with Crippen molar-refractivity contribution in [3.63, 3.8) is 0 Å². The van der Waals surface area contributed by atoms with Crippen LogP contribution in [-0.2, 0) is 0 Å². The largest absolute Gasteiger partial charge is 0.507 e. The Kier molecular flexibility index (Phi) is 3.97. The molecule has 0 spiro atoms. The minimum absolute atomic E-state index is 0.279. The van der Waals surface area contributed by atoms with Crippen LogP contribution in [0.15, 0.2) is 115 Å². The minimum atomic E-state index is -0.805. The number of phenols is 1. The molecule has 9 aromatic carbocycles. The molecule has 39 heavy (non-hydrogen) atoms. The van der Waals surface area contributed by atoms with Gasteiger partial charge in [0.05, 0.1) is 0 Å². The van der Waals surface area contributed by atoms with Crippen molar-refractivity contribution in [3.8, 4) is 5.75 Å². The Balaban J connectivity index is 1.36. The van der Waals surface area contributed by atoms with Crippen LogP contribution in [0.4, 0.5) is 0 Å². The zero-order valence-corrected chi connectivity index (χ0v) is 20.9. The third kappa shape index (κ3) is 2.64. The third-order valence-corrected chi connectivity index (χ3v) is 8.82. The fourth-order valence-electron chi connectivity index (χ4n) is 7.12. The fourth-order valence-corrected chi connectivity index (χ4v) is 7.12. The first-order chi connectivity index (χ1) is 19.2. The Bertz CT molecular complexity index is 2370. The molecule has 2 heteroatoms. The SMILES string of the molecule is Oc1ccc2ccc3c(C(O)c4ccc5c6cccc7cccc(c8cccc4c85)c76)ccc4ccc1c2c43. The standard InChI is InChI=1S/C37H22O2/c38-32-19-13-22-10-14-28-29(15-11-21-12-16-31(32)35(22)34(21)28)37(39)30-18-17-27-24-7-2-5-20-4-1-6-23(33(20)24)25-8-3-9-26(30)36(25)27/h1-19,37-39H. The Morgan fingerprint density at radius 3 is 1.54 bits per heavy atom. The van der Waals surface area contributed by atoms with E-state index >= 15 is 0 Å². The van der Waals surface area contributed by atoms with E-state index in [-0.39, 0.29) is 5.75 Å². The molecule has 0 aromatic heterocycles. The molecule has 0 bridgehead atoms. The van der Waals surface area contributed by atoms with Gasteiger partial charge in [0.25, 0.3) is 0 Å². The second-order valence-electron chi connectivity index (χ2n) is 10.7. The molecule has 0 amide bonds. The maximum absolute atomic E-state index is 12.0. The topological polar surface area (TPSA) is 40.5 Å². The van der Waals surface area contributed by atoms with E-state index in [1.807, 2.05) is 12.1 Å². The number of aromatic hydroxyl groups is 1. The molecule has 2 N–H and O–H groups in total. The van der Waals surface area contributed by atoms with Crippen molar-refractivity contribution in [1.29, 1.82) is 0 Å². The summed E-state index contributed by atoms with van der Waals surface area (Å²) < 4.78 is 0. The highest BCUT2D eigenvalue weighted by atomic mass is 16.3. The zero-order chi connectivity index (χ0) is 25.8. The molecule has 1 unspecified atom stereocenters. The van der Waals surface area contributed by atoms with Crippen molar-refractivity contribution in [2.75, 3.05) is 0 Å². The van der Waals surface area contributed by atoms with Gasteiger partial charge in [0.2, 0.25) is 0 Å². The number of rotatable bonds is 2. The van der Waals surface area contributed by atoms with Gasteiger partial charge in [-0.1, -0.05) is 109 Å². The lowest BCUT2D eigenvalue weighted by atomic mass is 9.85. The molecule has 9 aromatic rings. The van der Waals surface area contributed by atoms with Crippen molar-refractivity contribution in [1.82, 2.24) is 0 Å². The number of aliphatic hydroxyl groups excluding tert-OH is 1. The van der Waals surface area contributed by atoms with E-state index in [0.29, 0.717) is 0 Å². The van der Waals surface area contributed by atoms with Gasteiger partial charge in [-0.25, -0.2) is 0 Å². The molecular weight excluding hydrogens is 476 g/mol. The number of phenolic OH excluding ortho intramolecular Hbond substituents is 1. The fraction of sp³-hybridized carbons (Fsp3) is 0.0270. The summed E-state index contributed by atoms with van der Waals surface area (Å²) in [5.74, 6) is 0.279. The predicted octanol–water partition coefficient (Wildman–Crippen LogP) is 9.42. The summed E-state index contributed by atoms with van der Waals surface area (Å²) in [6, 6.07) is 39.9. The van der Waals surface area contributed by atoms with Gasteiger partial charge in [0.15, 0.2) is 0 Å². The first-order valence-electron chi connectivity index (χ1n) is 13.3. The first kappa shape index (κ1) is 21.1. The summed E-state index contributed by atoms with van der Waals surface area (Å²) in [6.45, 7) is 0. The van der Waals surface area contributed by atoms with Crippen LogP contribution in [-0.4, -0.2) is 10.2 Å². The van der Waals surface area contributed by atoms with Crippen molar-refractivity contribution in [2.45, 2.75) is 6.10 Å². The Morgan fingerprint density at radius 2 is 0.795 bits per heavy atom. The van der Waals surface area contributed by atoms with E-state index in [0.717, 1.165) is 48.8 Å². The van der Waals surface area contributed by atoms with E-state index in [4.69, 9.17) is 0 Å². The smallest absolute Gasteiger partial charge is 0.123 e. The van der Waals surface area contributed by atoms with Crippen LogP contribution in [0.2, 0.25) is 0 Å². The first-order valence-corrected chi connectivity index (χ1v) is 13.3. The molecule has 0 saturated carbocycles. The summed E-state index contributed by atoms with van der Waals surface area (Å²) >= 11 is 0. The van der Waals surface area contributed by atoms with Gasteiger partial charge in [-0.2, -0.15) is 0 Å². The van der Waals surface area contributed by atoms with E-state index in [2.05, 4.69) is 97.1 Å². The lowest BCUT2D eigenvalue weighted by molar-refractivity contribution is 0.223. The monoisotopic (exact) mass is 498 g/mol. The normalized spacial score (nSPS) is 13.3. The average molecular weight is 499 g/mol. The highest BCUT2D eigenvalue weighted by molar-refractivity contribution is 6.33. The Labute approximate surface area is 223 Å². The quantitative estimate of drug-likeness (QED) is 0.184. The van der Waals surface area contributed by atoms with E-state index in [1.165, 1.54) is 37.7 Å². The van der Waals surface area contributed by atoms with Crippen LogP contribution in [0.5, 0.6) is 5.75 Å². The highest BCUT2D eigenvalue weighted by Crippen LogP contribution is 2.45. The molecule has 0 saturated heterocycles. The predicted molar refractivity (Wildman–Crippen MR) is 164 cm³/mol. The molecule has 0 aliphatic heterocycles. The van der Waals surface area contributed by atoms with Crippen LogP contribution in [0.1, 0.15) is 17.2 Å². The molecule has 182 valence electrons.